The molecule has 1 aromatic carbocycles. The van der Waals surface area contributed by atoms with Crippen molar-refractivity contribution in [3.63, 3.8) is 0 Å². The van der Waals surface area contributed by atoms with Crippen LogP contribution in [0.3, 0.4) is 0 Å². The summed E-state index contributed by atoms with van der Waals surface area (Å²) in [5.41, 5.74) is 6.68. The van der Waals surface area contributed by atoms with Crippen molar-refractivity contribution in [3.05, 3.63) is 35.2 Å². The molecule has 2 aromatic rings. The van der Waals surface area contributed by atoms with Crippen molar-refractivity contribution in [2.24, 2.45) is 11.7 Å². The number of halogens is 2. The van der Waals surface area contributed by atoms with Crippen molar-refractivity contribution < 1.29 is 22.8 Å². The number of carbonyl (C=O) groups excluding carboxylic acids is 1. The molecule has 10 heteroatoms. The number of alkyl halides is 2. The number of rotatable bonds is 10. The Bertz CT molecular complexity index is 927. The van der Waals surface area contributed by atoms with Gasteiger partial charge in [-0.3, -0.25) is 4.79 Å². The monoisotopic (exact) mass is 465 g/mol. The zero-order valence-corrected chi connectivity index (χ0v) is 19.4. The highest BCUT2D eigenvalue weighted by molar-refractivity contribution is 5.96. The summed E-state index contributed by atoms with van der Waals surface area (Å²) in [5.74, 6) is 0.573. The number of benzene rings is 1. The molecule has 0 radical (unpaired) electrons. The fourth-order valence-electron chi connectivity index (χ4n) is 3.82. The Hall–Kier alpha value is -2.75. The van der Waals surface area contributed by atoms with Crippen LogP contribution in [0.15, 0.2) is 22.7 Å². The van der Waals surface area contributed by atoms with Crippen LogP contribution in [0.5, 0.6) is 5.75 Å². The van der Waals surface area contributed by atoms with Gasteiger partial charge in [-0.15, -0.1) is 0 Å². The third-order valence-corrected chi connectivity index (χ3v) is 5.94. The molecular formula is C23H33F2N5O3. The van der Waals surface area contributed by atoms with E-state index in [9.17, 15) is 13.6 Å². The third-order valence-electron chi connectivity index (χ3n) is 5.94. The SMILES string of the molecule is Cc1cc(OCCCC2CCN(c3nc(C(F)F)no3)CC2)ccc1C(=O)NC(C)(C)CN. The van der Waals surface area contributed by atoms with Crippen LogP contribution in [0, 0.1) is 12.8 Å². The summed E-state index contributed by atoms with van der Waals surface area (Å²) in [4.78, 5) is 18.1. The first-order valence-electron chi connectivity index (χ1n) is 11.3. The third kappa shape index (κ3) is 6.86. The second kappa shape index (κ2) is 10.9. The fourth-order valence-corrected chi connectivity index (χ4v) is 3.82. The normalized spacial score (nSPS) is 15.2. The van der Waals surface area contributed by atoms with Crippen molar-refractivity contribution >= 4 is 11.9 Å². The first-order chi connectivity index (χ1) is 15.7. The molecule has 1 aliphatic heterocycles. The van der Waals surface area contributed by atoms with Gasteiger partial charge in [-0.2, -0.15) is 4.98 Å². The Balaban J connectivity index is 1.39. The van der Waals surface area contributed by atoms with Crippen LogP contribution in [0.1, 0.15) is 67.7 Å². The van der Waals surface area contributed by atoms with E-state index in [-0.39, 0.29) is 11.9 Å². The highest BCUT2D eigenvalue weighted by Gasteiger charge is 2.25. The average molecular weight is 466 g/mol. The molecule has 1 aromatic heterocycles. The summed E-state index contributed by atoms with van der Waals surface area (Å²) < 4.78 is 36.1. The van der Waals surface area contributed by atoms with Crippen LogP contribution < -0.4 is 20.7 Å². The summed E-state index contributed by atoms with van der Waals surface area (Å²) in [6, 6.07) is 5.64. The first kappa shape index (κ1) is 24.9. The number of hydrogen-bond donors (Lipinski definition) is 2. The minimum Gasteiger partial charge on any atom is -0.494 e. The van der Waals surface area contributed by atoms with Gasteiger partial charge in [0.1, 0.15) is 5.75 Å². The van der Waals surface area contributed by atoms with Crippen LogP contribution in [-0.2, 0) is 0 Å². The molecular weight excluding hydrogens is 432 g/mol. The Labute approximate surface area is 192 Å². The smallest absolute Gasteiger partial charge is 0.324 e. The van der Waals surface area contributed by atoms with Gasteiger partial charge in [-0.05, 0) is 76.1 Å². The number of aryl methyl sites for hydroxylation is 1. The van der Waals surface area contributed by atoms with E-state index in [1.807, 2.05) is 37.8 Å². The maximum absolute atomic E-state index is 12.6. The number of nitrogens with one attached hydrogen (secondary N) is 1. The van der Waals surface area contributed by atoms with Crippen LogP contribution in [0.2, 0.25) is 0 Å². The predicted molar refractivity (Wildman–Crippen MR) is 121 cm³/mol. The fraction of sp³-hybridized carbons (Fsp3) is 0.609. The van der Waals surface area contributed by atoms with E-state index < -0.39 is 17.8 Å². The Kier molecular flexibility index (Phi) is 8.23. The Morgan fingerprint density at radius 1 is 1.36 bits per heavy atom. The minimum absolute atomic E-state index is 0.146. The van der Waals surface area contributed by atoms with Crippen molar-refractivity contribution in [1.82, 2.24) is 15.5 Å². The van der Waals surface area contributed by atoms with E-state index in [0.29, 0.717) is 37.7 Å². The molecule has 1 amide bonds. The lowest BCUT2D eigenvalue weighted by atomic mass is 9.92. The van der Waals surface area contributed by atoms with Gasteiger partial charge in [0.2, 0.25) is 5.82 Å². The van der Waals surface area contributed by atoms with Crippen LogP contribution in [0.25, 0.3) is 0 Å². The lowest BCUT2D eigenvalue weighted by molar-refractivity contribution is 0.0915. The maximum atomic E-state index is 12.6. The van der Waals surface area contributed by atoms with Crippen molar-refractivity contribution in [3.8, 4) is 5.75 Å². The molecule has 3 N–H and O–H groups in total. The van der Waals surface area contributed by atoms with Gasteiger partial charge in [-0.25, -0.2) is 8.78 Å². The van der Waals surface area contributed by atoms with E-state index >= 15 is 0 Å². The Morgan fingerprint density at radius 2 is 2.09 bits per heavy atom. The molecule has 33 heavy (non-hydrogen) atoms. The zero-order valence-electron chi connectivity index (χ0n) is 19.4. The predicted octanol–water partition coefficient (Wildman–Crippen LogP) is 3.86. The lowest BCUT2D eigenvalue weighted by Crippen LogP contribution is -2.49. The van der Waals surface area contributed by atoms with E-state index in [4.69, 9.17) is 15.0 Å². The lowest BCUT2D eigenvalue weighted by Gasteiger charge is -2.30. The van der Waals surface area contributed by atoms with Gasteiger partial charge in [0, 0.05) is 30.7 Å². The summed E-state index contributed by atoms with van der Waals surface area (Å²) in [6.07, 6.45) is 1.09. The molecule has 2 heterocycles. The molecule has 0 atom stereocenters. The maximum Gasteiger partial charge on any atom is 0.324 e. The number of nitrogens with zero attached hydrogens (tertiary/aromatic N) is 3. The topological polar surface area (TPSA) is 107 Å². The highest BCUT2D eigenvalue weighted by atomic mass is 19.3. The number of nitrogens with two attached hydrogens (primary N) is 1. The zero-order chi connectivity index (χ0) is 24.0. The van der Waals surface area contributed by atoms with Gasteiger partial charge in [-0.1, -0.05) is 5.16 Å². The molecule has 0 spiro atoms. The first-order valence-corrected chi connectivity index (χ1v) is 11.3. The van der Waals surface area contributed by atoms with E-state index in [1.54, 1.807) is 6.07 Å². The van der Waals surface area contributed by atoms with Crippen LogP contribution >= 0.6 is 0 Å². The van der Waals surface area contributed by atoms with Gasteiger partial charge in [0.05, 0.1) is 6.61 Å². The molecule has 0 saturated carbocycles. The highest BCUT2D eigenvalue weighted by Crippen LogP contribution is 2.27. The summed E-state index contributed by atoms with van der Waals surface area (Å²) in [6.45, 7) is 8.02. The molecule has 182 valence electrons. The van der Waals surface area contributed by atoms with Gasteiger partial charge >= 0.3 is 12.4 Å². The van der Waals surface area contributed by atoms with Gasteiger partial charge in [0.15, 0.2) is 0 Å². The quantitative estimate of drug-likeness (QED) is 0.513. The number of ether oxygens (including phenoxy) is 1. The molecule has 8 nitrogen and oxygen atoms in total. The average Bonchev–Trinajstić information content (AvgIpc) is 3.27. The second-order valence-corrected chi connectivity index (χ2v) is 9.18. The number of anilines is 1. The number of amides is 1. The summed E-state index contributed by atoms with van der Waals surface area (Å²) >= 11 is 0. The molecule has 1 saturated heterocycles. The molecule has 1 aliphatic rings. The van der Waals surface area contributed by atoms with Gasteiger partial charge in [0.25, 0.3) is 5.91 Å². The summed E-state index contributed by atoms with van der Waals surface area (Å²) in [7, 11) is 0. The van der Waals surface area contributed by atoms with E-state index in [2.05, 4.69) is 15.5 Å². The van der Waals surface area contributed by atoms with E-state index in [1.165, 1.54) is 0 Å². The minimum atomic E-state index is -2.72. The van der Waals surface area contributed by atoms with Crippen molar-refractivity contribution in [2.45, 2.75) is 58.4 Å². The summed E-state index contributed by atoms with van der Waals surface area (Å²) in [5, 5.41) is 6.25. The number of hydrogen-bond acceptors (Lipinski definition) is 7. The van der Waals surface area contributed by atoms with Crippen molar-refractivity contribution in [2.75, 3.05) is 31.1 Å². The largest absolute Gasteiger partial charge is 0.494 e. The number of carbonyl (C=O) groups is 1. The number of piperidine rings is 1. The van der Waals surface area contributed by atoms with Crippen LogP contribution in [0.4, 0.5) is 14.8 Å². The standard InChI is InChI=1S/C23H33F2N5O3/c1-15-13-17(6-7-18(15)21(31)28-23(2,3)14-26)32-12-4-5-16-8-10-30(11-9-16)22-27-20(19(24)25)29-33-22/h6-7,13,16,19H,4-5,8-12,14,26H2,1-3H3,(H,28,31). The molecule has 3 rings (SSSR count). The van der Waals surface area contributed by atoms with Crippen molar-refractivity contribution in [1.29, 1.82) is 0 Å². The molecule has 0 unspecified atom stereocenters. The van der Waals surface area contributed by atoms with E-state index in [0.717, 1.165) is 37.0 Å². The molecule has 0 aliphatic carbocycles. The van der Waals surface area contributed by atoms with Gasteiger partial charge < -0.3 is 25.2 Å². The van der Waals surface area contributed by atoms with Crippen LogP contribution in [-0.4, -0.2) is 47.8 Å². The molecule has 0 bridgehead atoms. The Morgan fingerprint density at radius 3 is 2.70 bits per heavy atom. The molecule has 1 fully saturated rings. The number of aromatic nitrogens is 2. The second-order valence-electron chi connectivity index (χ2n) is 9.18.